The van der Waals surface area contributed by atoms with Crippen molar-refractivity contribution in [3.8, 4) is 0 Å². The molecule has 2 rings (SSSR count). The Morgan fingerprint density at radius 3 is 2.36 bits per heavy atom. The predicted molar refractivity (Wildman–Crippen MR) is 55.6 cm³/mol. The zero-order chi connectivity index (χ0) is 10.4. The fourth-order valence-electron chi connectivity index (χ4n) is 2.65. The molecule has 1 spiro atoms. The van der Waals surface area contributed by atoms with Crippen LogP contribution in [-0.4, -0.2) is 57.1 Å². The molecule has 0 amide bonds. The highest BCUT2D eigenvalue weighted by Gasteiger charge is 2.47. The zero-order valence-corrected chi connectivity index (χ0v) is 9.68. The Kier molecular flexibility index (Phi) is 2.36. The summed E-state index contributed by atoms with van der Waals surface area (Å²) in [5.74, 6) is 0. The molecule has 0 bridgehead atoms. The number of nitrogens with zero attached hydrogens (tertiary/aromatic N) is 2. The second-order valence-corrected chi connectivity index (χ2v) is 6.85. The molecule has 5 heteroatoms. The van der Waals surface area contributed by atoms with Crippen LogP contribution in [0.1, 0.15) is 12.8 Å². The zero-order valence-electron chi connectivity index (χ0n) is 8.86. The summed E-state index contributed by atoms with van der Waals surface area (Å²) >= 11 is 0. The van der Waals surface area contributed by atoms with Crippen LogP contribution in [0, 0.1) is 5.41 Å². The Balaban J connectivity index is 1.98. The van der Waals surface area contributed by atoms with Gasteiger partial charge in [0.2, 0.25) is 10.0 Å². The van der Waals surface area contributed by atoms with E-state index < -0.39 is 10.0 Å². The van der Waals surface area contributed by atoms with Crippen LogP contribution in [0.2, 0.25) is 0 Å². The van der Waals surface area contributed by atoms with E-state index >= 15 is 0 Å². The molecule has 0 radical (unpaired) electrons. The molecule has 0 aliphatic carbocycles. The maximum absolute atomic E-state index is 11.2. The Labute approximate surface area is 85.9 Å². The van der Waals surface area contributed by atoms with E-state index in [2.05, 4.69) is 11.9 Å². The smallest absolute Gasteiger partial charge is 0.211 e. The molecular formula is C9H18N2O2S. The van der Waals surface area contributed by atoms with Crippen molar-refractivity contribution >= 4 is 10.0 Å². The normalized spacial score (nSPS) is 29.0. The van der Waals surface area contributed by atoms with Gasteiger partial charge < -0.3 is 4.90 Å². The van der Waals surface area contributed by atoms with E-state index in [1.165, 1.54) is 19.1 Å². The molecule has 0 N–H and O–H groups in total. The lowest BCUT2D eigenvalue weighted by molar-refractivity contribution is -0.000396. The molecule has 0 saturated carbocycles. The van der Waals surface area contributed by atoms with Crippen LogP contribution in [-0.2, 0) is 10.0 Å². The van der Waals surface area contributed by atoms with Gasteiger partial charge in [-0.25, -0.2) is 12.7 Å². The van der Waals surface area contributed by atoms with Gasteiger partial charge >= 0.3 is 0 Å². The molecule has 0 aromatic rings. The monoisotopic (exact) mass is 218 g/mol. The first kappa shape index (κ1) is 10.4. The average Bonchev–Trinajstić information content (AvgIpc) is 1.98. The number of sulfonamides is 1. The highest BCUT2D eigenvalue weighted by atomic mass is 32.2. The van der Waals surface area contributed by atoms with E-state index in [0.29, 0.717) is 0 Å². The molecule has 82 valence electrons. The van der Waals surface area contributed by atoms with Crippen molar-refractivity contribution in [2.45, 2.75) is 12.8 Å². The summed E-state index contributed by atoms with van der Waals surface area (Å²) in [6.45, 7) is 3.67. The van der Waals surface area contributed by atoms with Crippen molar-refractivity contribution in [3.05, 3.63) is 0 Å². The fraction of sp³-hybridized carbons (Fsp3) is 1.00. The Morgan fingerprint density at radius 1 is 1.21 bits per heavy atom. The fourth-order valence-corrected chi connectivity index (χ4v) is 3.67. The van der Waals surface area contributed by atoms with Crippen LogP contribution in [0.4, 0.5) is 0 Å². The van der Waals surface area contributed by atoms with Gasteiger partial charge in [0.15, 0.2) is 0 Å². The van der Waals surface area contributed by atoms with E-state index in [9.17, 15) is 8.42 Å². The number of rotatable bonds is 1. The molecule has 4 nitrogen and oxygen atoms in total. The minimum Gasteiger partial charge on any atom is -0.306 e. The Hall–Kier alpha value is -0.130. The second-order valence-electron chi connectivity index (χ2n) is 4.87. The van der Waals surface area contributed by atoms with E-state index in [1.807, 2.05) is 0 Å². The van der Waals surface area contributed by atoms with Crippen LogP contribution in [0.15, 0.2) is 0 Å². The first-order chi connectivity index (χ1) is 6.41. The standard InChI is InChI=1S/C9H18N2O2S/c1-10-5-3-4-9(6-10)7-11(8-9)14(2,12)13/h3-8H2,1-2H3. The second kappa shape index (κ2) is 3.18. The van der Waals surface area contributed by atoms with Crippen LogP contribution in [0.3, 0.4) is 0 Å². The summed E-state index contributed by atoms with van der Waals surface area (Å²) in [6.07, 6.45) is 3.68. The van der Waals surface area contributed by atoms with Gasteiger partial charge in [0, 0.05) is 25.0 Å². The molecule has 14 heavy (non-hydrogen) atoms. The average molecular weight is 218 g/mol. The van der Waals surface area contributed by atoms with Crippen molar-refractivity contribution in [2.75, 3.05) is 39.5 Å². The SMILES string of the molecule is CN1CCCC2(C1)CN(S(C)(=O)=O)C2. The summed E-state index contributed by atoms with van der Waals surface area (Å²) in [5.41, 5.74) is 0.274. The summed E-state index contributed by atoms with van der Waals surface area (Å²) < 4.78 is 24.1. The van der Waals surface area contributed by atoms with E-state index in [0.717, 1.165) is 26.2 Å². The maximum atomic E-state index is 11.2. The van der Waals surface area contributed by atoms with Gasteiger partial charge in [-0.2, -0.15) is 0 Å². The quantitative estimate of drug-likeness (QED) is 0.621. The van der Waals surface area contributed by atoms with Crippen molar-refractivity contribution in [1.29, 1.82) is 0 Å². The molecule has 0 aromatic heterocycles. The third-order valence-electron chi connectivity index (χ3n) is 3.34. The topological polar surface area (TPSA) is 40.6 Å². The van der Waals surface area contributed by atoms with Crippen LogP contribution in [0.25, 0.3) is 0 Å². The minimum absolute atomic E-state index is 0.274. The first-order valence-corrected chi connectivity index (χ1v) is 6.90. The van der Waals surface area contributed by atoms with Crippen molar-refractivity contribution in [1.82, 2.24) is 9.21 Å². The van der Waals surface area contributed by atoms with Gasteiger partial charge in [-0.15, -0.1) is 0 Å². The maximum Gasteiger partial charge on any atom is 0.211 e. The van der Waals surface area contributed by atoms with Gasteiger partial charge in [-0.1, -0.05) is 0 Å². The molecule has 2 fully saturated rings. The lowest BCUT2D eigenvalue weighted by Gasteiger charge is -2.53. The van der Waals surface area contributed by atoms with Gasteiger partial charge in [-0.05, 0) is 26.4 Å². The number of likely N-dealkylation sites (tertiary alicyclic amines) is 1. The van der Waals surface area contributed by atoms with Crippen LogP contribution in [0.5, 0.6) is 0 Å². The molecule has 0 aromatic carbocycles. The third-order valence-corrected chi connectivity index (χ3v) is 4.54. The summed E-state index contributed by atoms with van der Waals surface area (Å²) in [5, 5.41) is 0. The molecule has 2 saturated heterocycles. The summed E-state index contributed by atoms with van der Waals surface area (Å²) in [7, 11) is -0.829. The third kappa shape index (κ3) is 1.81. The Bertz CT molecular complexity index is 320. The molecule has 2 aliphatic rings. The molecule has 0 atom stereocenters. The largest absolute Gasteiger partial charge is 0.306 e. The van der Waals surface area contributed by atoms with Gasteiger partial charge in [0.25, 0.3) is 0 Å². The molecule has 0 unspecified atom stereocenters. The Morgan fingerprint density at radius 2 is 1.86 bits per heavy atom. The van der Waals surface area contributed by atoms with Crippen LogP contribution < -0.4 is 0 Å². The lowest BCUT2D eigenvalue weighted by atomic mass is 9.75. The van der Waals surface area contributed by atoms with E-state index in [-0.39, 0.29) is 5.41 Å². The highest BCUT2D eigenvalue weighted by Crippen LogP contribution is 2.39. The highest BCUT2D eigenvalue weighted by molar-refractivity contribution is 7.88. The van der Waals surface area contributed by atoms with Crippen molar-refractivity contribution < 1.29 is 8.42 Å². The number of hydrogen-bond donors (Lipinski definition) is 0. The molecule has 2 heterocycles. The minimum atomic E-state index is -2.94. The van der Waals surface area contributed by atoms with Crippen molar-refractivity contribution in [3.63, 3.8) is 0 Å². The van der Waals surface area contributed by atoms with Gasteiger partial charge in [-0.3, -0.25) is 0 Å². The number of hydrogen-bond acceptors (Lipinski definition) is 3. The van der Waals surface area contributed by atoms with Crippen molar-refractivity contribution in [2.24, 2.45) is 5.41 Å². The number of piperidine rings is 1. The lowest BCUT2D eigenvalue weighted by Crippen LogP contribution is -2.63. The molecular weight excluding hydrogens is 200 g/mol. The van der Waals surface area contributed by atoms with E-state index in [1.54, 1.807) is 4.31 Å². The summed E-state index contributed by atoms with van der Waals surface area (Å²) in [4.78, 5) is 2.31. The molecule has 2 aliphatic heterocycles. The van der Waals surface area contributed by atoms with Crippen LogP contribution >= 0.6 is 0 Å². The van der Waals surface area contributed by atoms with E-state index in [4.69, 9.17) is 0 Å². The van der Waals surface area contributed by atoms with Gasteiger partial charge in [0.05, 0.1) is 6.26 Å². The first-order valence-electron chi connectivity index (χ1n) is 5.05. The summed E-state index contributed by atoms with van der Waals surface area (Å²) in [6, 6.07) is 0. The predicted octanol–water partition coefficient (Wildman–Crippen LogP) is -0.0264. The van der Waals surface area contributed by atoms with Gasteiger partial charge in [0.1, 0.15) is 0 Å².